The van der Waals surface area contributed by atoms with Crippen molar-refractivity contribution in [3.63, 3.8) is 0 Å². The first-order valence-electron chi connectivity index (χ1n) is 6.70. The quantitative estimate of drug-likeness (QED) is 0.536. The number of fused-ring (bicyclic) bond motifs is 1. The summed E-state index contributed by atoms with van der Waals surface area (Å²) in [6.07, 6.45) is 0. The van der Waals surface area contributed by atoms with Crippen LogP contribution in [0.3, 0.4) is 0 Å². The zero-order chi connectivity index (χ0) is 14.7. The van der Waals surface area contributed by atoms with Gasteiger partial charge in [-0.15, -0.1) is 11.8 Å². The standard InChI is InChI=1S/C18H15BrOS/c1-20-18-9-7-16(19)10-15(18)12-21-17-8-6-13-4-2-3-5-14(13)11-17/h2-11H,12H2,1H3. The lowest BCUT2D eigenvalue weighted by atomic mass is 10.1. The Hall–Kier alpha value is -1.45. The van der Waals surface area contributed by atoms with Crippen LogP contribution >= 0.6 is 27.7 Å². The molecule has 0 aliphatic heterocycles. The summed E-state index contributed by atoms with van der Waals surface area (Å²) in [7, 11) is 1.72. The molecule has 1 nitrogen and oxygen atoms in total. The summed E-state index contributed by atoms with van der Waals surface area (Å²) >= 11 is 5.35. The van der Waals surface area contributed by atoms with Gasteiger partial charge in [0.1, 0.15) is 5.75 Å². The number of methoxy groups -OCH3 is 1. The molecule has 0 heterocycles. The van der Waals surface area contributed by atoms with Crippen molar-refractivity contribution in [2.75, 3.05) is 7.11 Å². The molecule has 0 bridgehead atoms. The van der Waals surface area contributed by atoms with Gasteiger partial charge in [0.05, 0.1) is 7.11 Å². The number of ether oxygens (including phenoxy) is 1. The van der Waals surface area contributed by atoms with Crippen LogP contribution in [0.5, 0.6) is 5.75 Å². The van der Waals surface area contributed by atoms with Crippen molar-refractivity contribution in [1.29, 1.82) is 0 Å². The molecule has 0 radical (unpaired) electrons. The van der Waals surface area contributed by atoms with Gasteiger partial charge >= 0.3 is 0 Å². The summed E-state index contributed by atoms with van der Waals surface area (Å²) in [5.74, 6) is 1.83. The van der Waals surface area contributed by atoms with E-state index in [4.69, 9.17) is 4.74 Å². The molecule has 3 heteroatoms. The fourth-order valence-electron chi connectivity index (χ4n) is 2.28. The molecule has 3 rings (SSSR count). The number of thioether (sulfide) groups is 1. The van der Waals surface area contributed by atoms with Crippen molar-refractivity contribution < 1.29 is 4.74 Å². The highest BCUT2D eigenvalue weighted by Gasteiger charge is 2.05. The Labute approximate surface area is 137 Å². The average Bonchev–Trinajstić information content (AvgIpc) is 2.53. The molecule has 0 N–H and O–H groups in total. The molecular weight excluding hydrogens is 344 g/mol. The van der Waals surface area contributed by atoms with Crippen LogP contribution < -0.4 is 4.74 Å². The van der Waals surface area contributed by atoms with Crippen LogP contribution in [0.2, 0.25) is 0 Å². The highest BCUT2D eigenvalue weighted by molar-refractivity contribution is 9.10. The zero-order valence-corrected chi connectivity index (χ0v) is 14.1. The van der Waals surface area contributed by atoms with Gasteiger partial charge in [-0.2, -0.15) is 0 Å². The summed E-state index contributed by atoms with van der Waals surface area (Å²) in [6, 6.07) is 21.2. The highest BCUT2D eigenvalue weighted by Crippen LogP contribution is 2.31. The number of benzene rings is 3. The van der Waals surface area contributed by atoms with Crippen LogP contribution in [0.4, 0.5) is 0 Å². The monoisotopic (exact) mass is 358 g/mol. The maximum atomic E-state index is 5.42. The number of rotatable bonds is 4. The maximum absolute atomic E-state index is 5.42. The molecule has 106 valence electrons. The predicted molar refractivity (Wildman–Crippen MR) is 94.2 cm³/mol. The van der Waals surface area contributed by atoms with Gasteiger partial charge in [0, 0.05) is 20.7 Å². The molecular formula is C18H15BrOS. The first-order chi connectivity index (χ1) is 10.3. The Morgan fingerprint density at radius 1 is 0.952 bits per heavy atom. The molecule has 0 saturated carbocycles. The van der Waals surface area contributed by atoms with Gasteiger partial charge in [0.2, 0.25) is 0 Å². The second-order valence-electron chi connectivity index (χ2n) is 4.75. The molecule has 0 aromatic heterocycles. The molecule has 0 amide bonds. The van der Waals surface area contributed by atoms with E-state index in [1.807, 2.05) is 23.9 Å². The minimum Gasteiger partial charge on any atom is -0.496 e. The van der Waals surface area contributed by atoms with Crippen LogP contribution in [-0.4, -0.2) is 7.11 Å². The Kier molecular flexibility index (Phi) is 4.51. The normalized spacial score (nSPS) is 10.8. The fraction of sp³-hybridized carbons (Fsp3) is 0.111. The molecule has 0 spiro atoms. The molecule has 0 unspecified atom stereocenters. The lowest BCUT2D eigenvalue weighted by molar-refractivity contribution is 0.411. The topological polar surface area (TPSA) is 9.23 Å². The lowest BCUT2D eigenvalue weighted by Gasteiger charge is -2.09. The van der Waals surface area contributed by atoms with E-state index in [1.54, 1.807) is 7.11 Å². The zero-order valence-electron chi connectivity index (χ0n) is 11.7. The van der Waals surface area contributed by atoms with Crippen molar-refractivity contribution in [1.82, 2.24) is 0 Å². The molecule has 0 aliphatic carbocycles. The van der Waals surface area contributed by atoms with Gasteiger partial charge in [0.25, 0.3) is 0 Å². The summed E-state index contributed by atoms with van der Waals surface area (Å²) in [5.41, 5.74) is 1.20. The molecule has 0 fully saturated rings. The molecule has 0 aliphatic rings. The highest BCUT2D eigenvalue weighted by atomic mass is 79.9. The van der Waals surface area contributed by atoms with Crippen molar-refractivity contribution >= 4 is 38.5 Å². The summed E-state index contributed by atoms with van der Waals surface area (Å²) in [4.78, 5) is 1.27. The maximum Gasteiger partial charge on any atom is 0.122 e. The van der Waals surface area contributed by atoms with E-state index in [1.165, 1.54) is 21.2 Å². The average molecular weight is 359 g/mol. The number of hydrogen-bond donors (Lipinski definition) is 0. The van der Waals surface area contributed by atoms with E-state index in [0.29, 0.717) is 0 Å². The van der Waals surface area contributed by atoms with Gasteiger partial charge in [-0.1, -0.05) is 46.3 Å². The van der Waals surface area contributed by atoms with Crippen molar-refractivity contribution in [3.05, 3.63) is 70.7 Å². The summed E-state index contributed by atoms with van der Waals surface area (Å²) in [6.45, 7) is 0. The van der Waals surface area contributed by atoms with Crippen LogP contribution in [0.1, 0.15) is 5.56 Å². The lowest BCUT2D eigenvalue weighted by Crippen LogP contribution is -1.90. The van der Waals surface area contributed by atoms with E-state index < -0.39 is 0 Å². The van der Waals surface area contributed by atoms with Crippen LogP contribution in [-0.2, 0) is 5.75 Å². The van der Waals surface area contributed by atoms with E-state index >= 15 is 0 Å². The number of hydrogen-bond acceptors (Lipinski definition) is 2. The minimum absolute atomic E-state index is 0.890. The molecule has 21 heavy (non-hydrogen) atoms. The van der Waals surface area contributed by atoms with Crippen molar-refractivity contribution in [3.8, 4) is 5.75 Å². The van der Waals surface area contributed by atoms with Gasteiger partial charge in [-0.25, -0.2) is 0 Å². The molecule has 0 atom stereocenters. The third kappa shape index (κ3) is 3.42. The van der Waals surface area contributed by atoms with Gasteiger partial charge in [0.15, 0.2) is 0 Å². The van der Waals surface area contributed by atoms with Gasteiger partial charge < -0.3 is 4.74 Å². The third-order valence-corrected chi connectivity index (χ3v) is 4.89. The Morgan fingerprint density at radius 2 is 1.76 bits per heavy atom. The largest absolute Gasteiger partial charge is 0.496 e. The van der Waals surface area contributed by atoms with Crippen LogP contribution in [0, 0.1) is 0 Å². The summed E-state index contributed by atoms with van der Waals surface area (Å²) in [5, 5.41) is 2.56. The van der Waals surface area contributed by atoms with Gasteiger partial charge in [-0.05, 0) is 41.1 Å². The van der Waals surface area contributed by atoms with Gasteiger partial charge in [-0.3, -0.25) is 0 Å². The molecule has 0 saturated heterocycles. The predicted octanol–water partition coefficient (Wildman–Crippen LogP) is 5.90. The van der Waals surface area contributed by atoms with E-state index in [0.717, 1.165) is 16.0 Å². The van der Waals surface area contributed by atoms with E-state index in [-0.39, 0.29) is 0 Å². The van der Waals surface area contributed by atoms with Crippen molar-refractivity contribution in [2.24, 2.45) is 0 Å². The second kappa shape index (κ2) is 6.54. The molecule has 3 aromatic rings. The first kappa shape index (κ1) is 14.5. The SMILES string of the molecule is COc1ccc(Br)cc1CSc1ccc2ccccc2c1. The Balaban J connectivity index is 1.81. The smallest absolute Gasteiger partial charge is 0.122 e. The van der Waals surface area contributed by atoms with E-state index in [9.17, 15) is 0 Å². The Morgan fingerprint density at radius 3 is 2.57 bits per heavy atom. The number of halogens is 1. The van der Waals surface area contributed by atoms with Crippen molar-refractivity contribution in [2.45, 2.75) is 10.6 Å². The van der Waals surface area contributed by atoms with Crippen LogP contribution in [0.25, 0.3) is 10.8 Å². The molecule has 3 aromatic carbocycles. The Bertz CT molecular complexity index is 770. The van der Waals surface area contributed by atoms with E-state index in [2.05, 4.69) is 64.5 Å². The van der Waals surface area contributed by atoms with Crippen LogP contribution in [0.15, 0.2) is 70.0 Å². The fourth-order valence-corrected chi connectivity index (χ4v) is 3.61. The summed E-state index contributed by atoms with van der Waals surface area (Å²) < 4.78 is 6.51. The second-order valence-corrected chi connectivity index (χ2v) is 6.72. The third-order valence-electron chi connectivity index (χ3n) is 3.36. The first-order valence-corrected chi connectivity index (χ1v) is 8.48. The minimum atomic E-state index is 0.890.